The second-order valence-electron chi connectivity index (χ2n) is 6.88. The van der Waals surface area contributed by atoms with Crippen LogP contribution >= 0.6 is 11.8 Å². The van der Waals surface area contributed by atoms with Crippen LogP contribution in [0.25, 0.3) is 0 Å². The van der Waals surface area contributed by atoms with Gasteiger partial charge in [-0.15, -0.1) is 0 Å². The highest BCUT2D eigenvalue weighted by Gasteiger charge is 2.16. The van der Waals surface area contributed by atoms with Gasteiger partial charge in [-0.2, -0.15) is 5.26 Å². The molecule has 1 N–H and O–H groups in total. The monoisotopic (exact) mass is 417 g/mol. The third-order valence-electron chi connectivity index (χ3n) is 4.69. The van der Waals surface area contributed by atoms with E-state index < -0.39 is 0 Å². The van der Waals surface area contributed by atoms with E-state index in [1.54, 1.807) is 36.0 Å². The molecule has 0 aliphatic rings. The number of hydrogen-bond donors (Lipinski definition) is 1. The van der Waals surface area contributed by atoms with Gasteiger partial charge in [0.15, 0.2) is 5.78 Å². The van der Waals surface area contributed by atoms with Gasteiger partial charge in [0.05, 0.1) is 17.2 Å². The molecule has 0 fully saturated rings. The van der Waals surface area contributed by atoms with E-state index in [9.17, 15) is 9.90 Å². The number of benzene rings is 3. The standard InChI is InChI=1S/C25H23NO3S/c1-3-6-22-23(14-13-21(17(2)27)25(22)28)29-16-19-7-4-5-8-24(19)30-20-11-9-18(15-26)10-12-20/h4-5,7-14,28H,3,6,16H2,1-2H3. The van der Waals surface area contributed by atoms with Crippen LogP contribution in [0.5, 0.6) is 11.5 Å². The van der Waals surface area contributed by atoms with Gasteiger partial charge in [-0.25, -0.2) is 0 Å². The lowest BCUT2D eigenvalue weighted by Gasteiger charge is -2.16. The van der Waals surface area contributed by atoms with Crippen LogP contribution in [0.3, 0.4) is 0 Å². The van der Waals surface area contributed by atoms with Crippen LogP contribution in [0.15, 0.2) is 70.5 Å². The molecule has 4 nitrogen and oxygen atoms in total. The molecule has 3 rings (SSSR count). The SMILES string of the molecule is CCCc1c(OCc2ccccc2Sc2ccc(C#N)cc2)ccc(C(C)=O)c1O. The molecule has 0 aliphatic carbocycles. The molecule has 0 spiro atoms. The maximum Gasteiger partial charge on any atom is 0.163 e. The van der Waals surface area contributed by atoms with E-state index in [1.807, 2.05) is 43.3 Å². The second-order valence-corrected chi connectivity index (χ2v) is 7.99. The van der Waals surface area contributed by atoms with Crippen molar-refractivity contribution in [2.45, 2.75) is 43.1 Å². The van der Waals surface area contributed by atoms with Gasteiger partial charge in [-0.3, -0.25) is 4.79 Å². The molecule has 3 aromatic carbocycles. The maximum atomic E-state index is 11.8. The van der Waals surface area contributed by atoms with Crippen molar-refractivity contribution >= 4 is 17.5 Å². The number of carbonyl (C=O) groups is 1. The minimum absolute atomic E-state index is 0.0158. The van der Waals surface area contributed by atoms with E-state index in [1.165, 1.54) is 6.92 Å². The number of nitrogens with zero attached hydrogens (tertiary/aromatic N) is 1. The lowest BCUT2D eigenvalue weighted by molar-refractivity contribution is 0.101. The van der Waals surface area contributed by atoms with Crippen molar-refractivity contribution in [3.8, 4) is 17.6 Å². The average molecular weight is 418 g/mol. The summed E-state index contributed by atoms with van der Waals surface area (Å²) in [6.07, 6.45) is 1.46. The zero-order chi connectivity index (χ0) is 21.5. The van der Waals surface area contributed by atoms with E-state index >= 15 is 0 Å². The Bertz CT molecular complexity index is 1080. The lowest BCUT2D eigenvalue weighted by Crippen LogP contribution is -2.03. The largest absolute Gasteiger partial charge is 0.507 e. The molecule has 0 atom stereocenters. The van der Waals surface area contributed by atoms with E-state index in [-0.39, 0.29) is 11.5 Å². The van der Waals surface area contributed by atoms with Gasteiger partial charge in [0.25, 0.3) is 0 Å². The van der Waals surface area contributed by atoms with Gasteiger partial charge in [-0.05, 0) is 55.8 Å². The second kappa shape index (κ2) is 10.00. The highest BCUT2D eigenvalue weighted by Crippen LogP contribution is 2.35. The van der Waals surface area contributed by atoms with E-state index in [0.717, 1.165) is 21.8 Å². The van der Waals surface area contributed by atoms with E-state index in [0.29, 0.717) is 35.5 Å². The molecule has 0 saturated carbocycles. The molecule has 0 aliphatic heterocycles. The minimum Gasteiger partial charge on any atom is -0.507 e. The molecule has 0 heterocycles. The average Bonchev–Trinajstić information content (AvgIpc) is 2.75. The first-order valence-electron chi connectivity index (χ1n) is 9.78. The molecule has 30 heavy (non-hydrogen) atoms. The van der Waals surface area contributed by atoms with Crippen molar-refractivity contribution in [3.63, 3.8) is 0 Å². The van der Waals surface area contributed by atoms with Gasteiger partial charge in [0.2, 0.25) is 0 Å². The molecule has 0 aromatic heterocycles. The van der Waals surface area contributed by atoms with Gasteiger partial charge in [0.1, 0.15) is 18.1 Å². The van der Waals surface area contributed by atoms with Crippen molar-refractivity contribution in [2.75, 3.05) is 0 Å². The summed E-state index contributed by atoms with van der Waals surface area (Å²) < 4.78 is 6.08. The molecular formula is C25H23NO3S. The Balaban J connectivity index is 1.82. The minimum atomic E-state index is -0.166. The molecule has 3 aromatic rings. The number of aromatic hydroxyl groups is 1. The Morgan fingerprint density at radius 1 is 1.10 bits per heavy atom. The van der Waals surface area contributed by atoms with Crippen LogP contribution in [0.1, 0.15) is 47.3 Å². The Hall–Kier alpha value is -3.23. The Morgan fingerprint density at radius 2 is 1.83 bits per heavy atom. The molecule has 152 valence electrons. The molecule has 0 saturated heterocycles. The first kappa shape index (κ1) is 21.5. The molecule has 0 bridgehead atoms. The molecular weight excluding hydrogens is 394 g/mol. The number of phenolic OH excluding ortho intramolecular Hbond substituents is 1. The predicted molar refractivity (Wildman–Crippen MR) is 118 cm³/mol. The number of ketones is 1. The van der Waals surface area contributed by atoms with Crippen LogP contribution in [-0.4, -0.2) is 10.9 Å². The van der Waals surface area contributed by atoms with Crippen molar-refractivity contribution in [3.05, 3.63) is 82.9 Å². The third kappa shape index (κ3) is 5.03. The maximum absolute atomic E-state index is 11.8. The van der Waals surface area contributed by atoms with E-state index in [2.05, 4.69) is 6.07 Å². The van der Waals surface area contributed by atoms with Gasteiger partial charge >= 0.3 is 0 Å². The number of carbonyl (C=O) groups excluding carboxylic acids is 1. The summed E-state index contributed by atoms with van der Waals surface area (Å²) in [5, 5.41) is 19.5. The smallest absolute Gasteiger partial charge is 0.163 e. The highest BCUT2D eigenvalue weighted by atomic mass is 32.2. The molecule has 0 radical (unpaired) electrons. The van der Waals surface area contributed by atoms with Crippen molar-refractivity contribution < 1.29 is 14.6 Å². The fourth-order valence-electron chi connectivity index (χ4n) is 3.13. The van der Waals surface area contributed by atoms with Gasteiger partial charge in [0, 0.05) is 20.9 Å². The topological polar surface area (TPSA) is 70.3 Å². The lowest BCUT2D eigenvalue weighted by atomic mass is 10.0. The van der Waals surface area contributed by atoms with Crippen molar-refractivity contribution in [1.82, 2.24) is 0 Å². The number of nitriles is 1. The number of rotatable bonds is 8. The first-order chi connectivity index (χ1) is 14.5. The number of Topliss-reactive ketones (excluding diaryl/α,β-unsaturated/α-hetero) is 1. The van der Waals surface area contributed by atoms with Crippen molar-refractivity contribution in [2.24, 2.45) is 0 Å². The first-order valence-corrected chi connectivity index (χ1v) is 10.6. The quantitative estimate of drug-likeness (QED) is 0.445. The summed E-state index contributed by atoms with van der Waals surface area (Å²) >= 11 is 1.61. The molecule has 0 unspecified atom stereocenters. The predicted octanol–water partition coefficient (Wildman–Crippen LogP) is 6.15. The Kier molecular flexibility index (Phi) is 7.16. The zero-order valence-electron chi connectivity index (χ0n) is 17.0. The summed E-state index contributed by atoms with van der Waals surface area (Å²) in [5.41, 5.74) is 2.64. The van der Waals surface area contributed by atoms with Crippen LogP contribution < -0.4 is 4.74 Å². The fraction of sp³-hybridized carbons (Fsp3) is 0.200. The van der Waals surface area contributed by atoms with Gasteiger partial charge < -0.3 is 9.84 Å². The molecule has 5 heteroatoms. The van der Waals surface area contributed by atoms with Crippen LogP contribution in [0.4, 0.5) is 0 Å². The summed E-state index contributed by atoms with van der Waals surface area (Å²) in [6, 6.07) is 21.0. The zero-order valence-corrected chi connectivity index (χ0v) is 17.8. The van der Waals surface area contributed by atoms with E-state index in [4.69, 9.17) is 10.00 Å². The highest BCUT2D eigenvalue weighted by molar-refractivity contribution is 7.99. The van der Waals surface area contributed by atoms with Crippen molar-refractivity contribution in [1.29, 1.82) is 5.26 Å². The van der Waals surface area contributed by atoms with Crippen LogP contribution in [0.2, 0.25) is 0 Å². The summed E-state index contributed by atoms with van der Waals surface area (Å²) in [6.45, 7) is 3.81. The Morgan fingerprint density at radius 3 is 2.50 bits per heavy atom. The normalized spacial score (nSPS) is 10.4. The summed E-state index contributed by atoms with van der Waals surface area (Å²) in [4.78, 5) is 13.8. The van der Waals surface area contributed by atoms with Crippen LogP contribution in [-0.2, 0) is 13.0 Å². The number of hydrogen-bond acceptors (Lipinski definition) is 5. The van der Waals surface area contributed by atoms with Crippen LogP contribution in [0, 0.1) is 11.3 Å². The number of phenols is 1. The van der Waals surface area contributed by atoms with Gasteiger partial charge in [-0.1, -0.05) is 43.3 Å². The fourth-order valence-corrected chi connectivity index (χ4v) is 4.06. The Labute approximate surface area is 181 Å². The number of ether oxygens (including phenoxy) is 1. The molecule has 0 amide bonds. The third-order valence-corrected chi connectivity index (χ3v) is 5.81. The summed E-state index contributed by atoms with van der Waals surface area (Å²) in [5.74, 6) is 0.445. The summed E-state index contributed by atoms with van der Waals surface area (Å²) in [7, 11) is 0.